The number of halogens is 3. The minimum atomic E-state index is -4.54. The summed E-state index contributed by atoms with van der Waals surface area (Å²) in [4.78, 5) is 7.38. The van der Waals surface area contributed by atoms with Crippen LogP contribution in [0, 0.1) is 0 Å². The van der Waals surface area contributed by atoms with Crippen molar-refractivity contribution in [1.82, 2.24) is 19.7 Å². The smallest absolute Gasteiger partial charge is 0.382 e. The fraction of sp³-hybridized carbons (Fsp3) is 0.125. The molecule has 0 saturated heterocycles. The van der Waals surface area contributed by atoms with Gasteiger partial charge >= 0.3 is 6.18 Å². The average Bonchev–Trinajstić information content (AvgIpc) is 2.61. The highest BCUT2D eigenvalue weighted by molar-refractivity contribution is 5.35. The summed E-state index contributed by atoms with van der Waals surface area (Å²) in [5, 5.41) is 3.52. The van der Waals surface area contributed by atoms with Crippen LogP contribution in [0.2, 0.25) is 0 Å². The number of anilines is 1. The van der Waals surface area contributed by atoms with Crippen molar-refractivity contribution >= 4 is 5.82 Å². The number of rotatable bonds is 1. The standard InChI is InChI=1S/C8H6F3N5/c9-8(10,11)5-3-6(12)15-16(5)7-4-13-1-2-14-7/h1-4H,(H2,12,15). The Bertz CT molecular complexity index is 490. The molecule has 5 nitrogen and oxygen atoms in total. The van der Waals surface area contributed by atoms with Crippen molar-refractivity contribution in [3.8, 4) is 5.82 Å². The zero-order valence-electron chi connectivity index (χ0n) is 7.81. The molecule has 2 aromatic rings. The first-order valence-electron chi connectivity index (χ1n) is 4.17. The average molecular weight is 229 g/mol. The summed E-state index contributed by atoms with van der Waals surface area (Å²) >= 11 is 0. The van der Waals surface area contributed by atoms with Crippen LogP contribution >= 0.6 is 0 Å². The van der Waals surface area contributed by atoms with E-state index in [-0.39, 0.29) is 11.6 Å². The van der Waals surface area contributed by atoms with E-state index in [1.54, 1.807) is 0 Å². The van der Waals surface area contributed by atoms with Crippen molar-refractivity contribution in [2.45, 2.75) is 6.18 Å². The van der Waals surface area contributed by atoms with Gasteiger partial charge in [-0.05, 0) is 0 Å². The van der Waals surface area contributed by atoms with E-state index in [9.17, 15) is 13.2 Å². The molecule has 0 spiro atoms. The van der Waals surface area contributed by atoms with Crippen LogP contribution in [-0.4, -0.2) is 19.7 Å². The van der Waals surface area contributed by atoms with Gasteiger partial charge < -0.3 is 5.73 Å². The van der Waals surface area contributed by atoms with E-state index in [4.69, 9.17) is 5.73 Å². The van der Waals surface area contributed by atoms with Gasteiger partial charge in [0.2, 0.25) is 0 Å². The van der Waals surface area contributed by atoms with Crippen LogP contribution in [0.5, 0.6) is 0 Å². The van der Waals surface area contributed by atoms with Crippen LogP contribution in [0.1, 0.15) is 5.69 Å². The third kappa shape index (κ3) is 1.81. The van der Waals surface area contributed by atoms with Crippen molar-refractivity contribution in [2.75, 3.05) is 5.73 Å². The third-order valence-electron chi connectivity index (χ3n) is 1.79. The van der Waals surface area contributed by atoms with E-state index in [1.807, 2.05) is 0 Å². The minimum absolute atomic E-state index is 0.0356. The highest BCUT2D eigenvalue weighted by Crippen LogP contribution is 2.31. The molecule has 84 valence electrons. The SMILES string of the molecule is Nc1cc(C(F)(F)F)n(-c2cnccn2)n1. The molecule has 0 radical (unpaired) electrons. The van der Waals surface area contributed by atoms with Crippen molar-refractivity contribution < 1.29 is 13.2 Å². The lowest BCUT2D eigenvalue weighted by atomic mass is 10.4. The summed E-state index contributed by atoms with van der Waals surface area (Å²) in [6.07, 6.45) is -0.749. The van der Waals surface area contributed by atoms with Gasteiger partial charge in [0, 0.05) is 18.5 Å². The van der Waals surface area contributed by atoms with Crippen LogP contribution in [0.15, 0.2) is 24.7 Å². The van der Waals surface area contributed by atoms with Gasteiger partial charge in [0.05, 0.1) is 6.20 Å². The topological polar surface area (TPSA) is 69.6 Å². The van der Waals surface area contributed by atoms with Crippen molar-refractivity contribution in [2.24, 2.45) is 0 Å². The Balaban J connectivity index is 2.58. The molecule has 2 N–H and O–H groups in total. The van der Waals surface area contributed by atoms with Crippen molar-refractivity contribution in [3.05, 3.63) is 30.4 Å². The molecule has 0 aliphatic heterocycles. The molecule has 0 atom stereocenters. The van der Waals surface area contributed by atoms with Gasteiger partial charge in [0.1, 0.15) is 5.82 Å². The maximum Gasteiger partial charge on any atom is 0.433 e. The molecule has 0 unspecified atom stereocenters. The normalized spacial score (nSPS) is 11.7. The number of hydrogen-bond acceptors (Lipinski definition) is 4. The number of alkyl halides is 3. The first kappa shape index (κ1) is 10.4. The lowest BCUT2D eigenvalue weighted by Crippen LogP contribution is -2.14. The van der Waals surface area contributed by atoms with Gasteiger partial charge in [-0.3, -0.25) is 4.98 Å². The molecular weight excluding hydrogens is 223 g/mol. The number of nitrogens with zero attached hydrogens (tertiary/aromatic N) is 4. The summed E-state index contributed by atoms with van der Waals surface area (Å²) in [6, 6.07) is 0.745. The summed E-state index contributed by atoms with van der Waals surface area (Å²) < 4.78 is 38.4. The van der Waals surface area contributed by atoms with Crippen LogP contribution in [0.25, 0.3) is 5.82 Å². The number of nitrogen functional groups attached to an aromatic ring is 1. The van der Waals surface area contributed by atoms with E-state index in [2.05, 4.69) is 15.1 Å². The second kappa shape index (κ2) is 3.47. The first-order valence-corrected chi connectivity index (χ1v) is 4.17. The highest BCUT2D eigenvalue weighted by Gasteiger charge is 2.36. The molecular formula is C8H6F3N5. The van der Waals surface area contributed by atoms with Crippen molar-refractivity contribution in [3.63, 3.8) is 0 Å². The van der Waals surface area contributed by atoms with Crippen LogP contribution in [-0.2, 0) is 6.18 Å². The summed E-state index contributed by atoms with van der Waals surface area (Å²) in [7, 11) is 0. The number of nitrogens with two attached hydrogens (primary N) is 1. The van der Waals surface area contributed by atoms with Gasteiger partial charge in [0.25, 0.3) is 0 Å². The molecule has 2 aromatic heterocycles. The maximum absolute atomic E-state index is 12.6. The van der Waals surface area contributed by atoms with E-state index in [1.165, 1.54) is 18.6 Å². The summed E-state index contributed by atoms with van der Waals surface area (Å²) in [6.45, 7) is 0. The van der Waals surface area contributed by atoms with Gasteiger partial charge in [-0.25, -0.2) is 9.67 Å². The monoisotopic (exact) mass is 229 g/mol. The predicted molar refractivity (Wildman–Crippen MR) is 48.6 cm³/mol. The second-order valence-corrected chi connectivity index (χ2v) is 2.93. The lowest BCUT2D eigenvalue weighted by molar-refractivity contribution is -0.142. The Morgan fingerprint density at radius 1 is 1.25 bits per heavy atom. The van der Waals surface area contributed by atoms with Gasteiger partial charge in [-0.1, -0.05) is 0 Å². The lowest BCUT2D eigenvalue weighted by Gasteiger charge is -2.08. The Morgan fingerprint density at radius 3 is 2.56 bits per heavy atom. The van der Waals surface area contributed by atoms with E-state index >= 15 is 0 Å². The van der Waals surface area contributed by atoms with Crippen molar-refractivity contribution in [1.29, 1.82) is 0 Å². The molecule has 0 aliphatic rings. The number of hydrogen-bond donors (Lipinski definition) is 1. The molecule has 0 aliphatic carbocycles. The van der Waals surface area contributed by atoms with Crippen LogP contribution in [0.4, 0.5) is 19.0 Å². The fourth-order valence-corrected chi connectivity index (χ4v) is 1.18. The zero-order chi connectivity index (χ0) is 11.8. The second-order valence-electron chi connectivity index (χ2n) is 2.93. The fourth-order valence-electron chi connectivity index (χ4n) is 1.18. The predicted octanol–water partition coefficient (Wildman–Crippen LogP) is 1.26. The quantitative estimate of drug-likeness (QED) is 0.799. The molecule has 0 fully saturated rings. The van der Waals surface area contributed by atoms with Gasteiger partial charge in [-0.15, -0.1) is 5.10 Å². The first-order chi connectivity index (χ1) is 7.48. The Hall–Kier alpha value is -2.12. The summed E-state index contributed by atoms with van der Waals surface area (Å²) in [5.74, 6) is -0.260. The molecule has 0 amide bonds. The van der Waals surface area contributed by atoms with E-state index in [0.717, 1.165) is 6.07 Å². The minimum Gasteiger partial charge on any atom is -0.382 e. The molecule has 0 aromatic carbocycles. The maximum atomic E-state index is 12.6. The highest BCUT2D eigenvalue weighted by atomic mass is 19.4. The number of aromatic nitrogens is 4. The summed E-state index contributed by atoms with van der Waals surface area (Å²) in [5.41, 5.74) is 4.25. The van der Waals surface area contributed by atoms with Crippen LogP contribution < -0.4 is 5.73 Å². The molecule has 0 saturated carbocycles. The zero-order valence-corrected chi connectivity index (χ0v) is 7.81. The molecule has 0 bridgehead atoms. The molecule has 8 heteroatoms. The van der Waals surface area contributed by atoms with E-state index < -0.39 is 11.9 Å². The molecule has 16 heavy (non-hydrogen) atoms. The van der Waals surface area contributed by atoms with E-state index in [0.29, 0.717) is 4.68 Å². The third-order valence-corrected chi connectivity index (χ3v) is 1.79. The Kier molecular flexibility index (Phi) is 2.26. The molecule has 2 heterocycles. The Morgan fingerprint density at radius 2 is 2.00 bits per heavy atom. The molecule has 2 rings (SSSR count). The Labute approximate surface area is 87.7 Å². The van der Waals surface area contributed by atoms with Gasteiger partial charge in [-0.2, -0.15) is 13.2 Å². The van der Waals surface area contributed by atoms with Crippen LogP contribution in [0.3, 0.4) is 0 Å². The van der Waals surface area contributed by atoms with Gasteiger partial charge in [0.15, 0.2) is 11.5 Å². The largest absolute Gasteiger partial charge is 0.433 e.